The second kappa shape index (κ2) is 5.51. The maximum absolute atomic E-state index is 10.2. The number of pyridine rings is 1. The summed E-state index contributed by atoms with van der Waals surface area (Å²) in [6.07, 6.45) is 3.42. The Kier molecular flexibility index (Phi) is 3.91. The fourth-order valence-electron chi connectivity index (χ4n) is 2.36. The van der Waals surface area contributed by atoms with E-state index in [0.29, 0.717) is 23.7 Å². The predicted molar refractivity (Wildman–Crippen MR) is 94.8 cm³/mol. The van der Waals surface area contributed by atoms with Crippen LogP contribution >= 0.6 is 11.6 Å². The topological polar surface area (TPSA) is 55.5 Å². The summed E-state index contributed by atoms with van der Waals surface area (Å²) in [5.41, 5.74) is 0.679. The van der Waals surface area contributed by atoms with Gasteiger partial charge in [-0.1, -0.05) is 11.6 Å². The van der Waals surface area contributed by atoms with Crippen LogP contribution in [0, 0.1) is 0 Å². The molecule has 0 saturated heterocycles. The van der Waals surface area contributed by atoms with E-state index in [1.807, 2.05) is 26.0 Å². The van der Waals surface area contributed by atoms with Crippen LogP contribution in [0.5, 0.6) is 0 Å². The SMILES string of the molecule is CC(C)(O)C(C)(C)OBc1cc(Cl)cc2oc3cnccc3c12. The summed E-state index contributed by atoms with van der Waals surface area (Å²) < 4.78 is 11.8. The molecule has 0 aliphatic heterocycles. The van der Waals surface area contributed by atoms with Gasteiger partial charge in [0, 0.05) is 28.1 Å². The van der Waals surface area contributed by atoms with E-state index < -0.39 is 11.2 Å². The van der Waals surface area contributed by atoms with E-state index in [0.717, 1.165) is 16.2 Å². The Morgan fingerprint density at radius 1 is 1.22 bits per heavy atom. The van der Waals surface area contributed by atoms with Crippen molar-refractivity contribution in [1.82, 2.24) is 4.98 Å². The van der Waals surface area contributed by atoms with Gasteiger partial charge in [0.15, 0.2) is 5.58 Å². The summed E-state index contributed by atoms with van der Waals surface area (Å²) >= 11 is 6.21. The lowest BCUT2D eigenvalue weighted by Crippen LogP contribution is -2.49. The van der Waals surface area contributed by atoms with E-state index >= 15 is 0 Å². The molecular formula is C17H19BClNO3. The molecule has 6 heteroatoms. The molecule has 2 aromatic heterocycles. The standard InChI is InChI=1S/C17H19BClNO3/c1-16(2,21)17(3,4)23-18-12-7-10(19)8-13-15(12)11-5-6-20-9-14(11)22-13/h5-9,18,21H,1-4H3. The van der Waals surface area contributed by atoms with Gasteiger partial charge in [0.1, 0.15) is 5.58 Å². The lowest BCUT2D eigenvalue weighted by molar-refractivity contribution is -0.0893. The number of aliphatic hydroxyl groups is 1. The van der Waals surface area contributed by atoms with Gasteiger partial charge in [-0.05, 0) is 45.3 Å². The number of halogens is 1. The van der Waals surface area contributed by atoms with E-state index in [4.69, 9.17) is 20.7 Å². The van der Waals surface area contributed by atoms with Crippen molar-refractivity contribution in [3.8, 4) is 0 Å². The Morgan fingerprint density at radius 3 is 2.65 bits per heavy atom. The van der Waals surface area contributed by atoms with E-state index in [9.17, 15) is 5.11 Å². The molecule has 3 aromatic rings. The first-order chi connectivity index (χ1) is 10.7. The largest absolute Gasteiger partial charge is 0.454 e. The number of fused-ring (bicyclic) bond motifs is 3. The molecule has 0 fully saturated rings. The van der Waals surface area contributed by atoms with Crippen molar-refractivity contribution in [2.75, 3.05) is 0 Å². The number of rotatable bonds is 4. The molecule has 0 radical (unpaired) electrons. The van der Waals surface area contributed by atoms with E-state index in [1.54, 1.807) is 32.3 Å². The molecule has 120 valence electrons. The molecule has 0 aliphatic rings. The van der Waals surface area contributed by atoms with Crippen LogP contribution < -0.4 is 5.46 Å². The van der Waals surface area contributed by atoms with Crippen molar-refractivity contribution in [3.05, 3.63) is 35.6 Å². The Morgan fingerprint density at radius 2 is 1.96 bits per heavy atom. The maximum Gasteiger partial charge on any atom is 0.310 e. The van der Waals surface area contributed by atoms with Gasteiger partial charge in [0.25, 0.3) is 0 Å². The van der Waals surface area contributed by atoms with Crippen LogP contribution in [0.3, 0.4) is 0 Å². The maximum atomic E-state index is 10.2. The Hall–Kier alpha value is -1.56. The van der Waals surface area contributed by atoms with Gasteiger partial charge in [0.2, 0.25) is 0 Å². The highest BCUT2D eigenvalue weighted by atomic mass is 35.5. The Labute approximate surface area is 140 Å². The monoisotopic (exact) mass is 331 g/mol. The summed E-state index contributed by atoms with van der Waals surface area (Å²) in [5, 5.41) is 12.8. The molecule has 0 atom stereocenters. The van der Waals surface area contributed by atoms with E-state index in [2.05, 4.69) is 4.98 Å². The van der Waals surface area contributed by atoms with E-state index in [-0.39, 0.29) is 0 Å². The first-order valence-electron chi connectivity index (χ1n) is 7.50. The van der Waals surface area contributed by atoms with Crippen LogP contribution in [-0.4, -0.2) is 28.8 Å². The molecule has 1 aromatic carbocycles. The smallest absolute Gasteiger partial charge is 0.310 e. The van der Waals surface area contributed by atoms with Crippen molar-refractivity contribution in [2.24, 2.45) is 0 Å². The molecule has 23 heavy (non-hydrogen) atoms. The minimum Gasteiger partial charge on any atom is -0.454 e. The summed E-state index contributed by atoms with van der Waals surface area (Å²) in [6, 6.07) is 5.58. The fourth-order valence-corrected chi connectivity index (χ4v) is 2.59. The molecule has 0 bridgehead atoms. The minimum absolute atomic E-state index is 0.324. The summed E-state index contributed by atoms with van der Waals surface area (Å²) in [7, 11) is 0.324. The quantitative estimate of drug-likeness (QED) is 0.746. The Balaban J connectivity index is 2.07. The second-order valence-corrected chi connectivity index (χ2v) is 7.21. The van der Waals surface area contributed by atoms with Gasteiger partial charge < -0.3 is 14.2 Å². The molecule has 0 unspecified atom stereocenters. The van der Waals surface area contributed by atoms with Crippen LogP contribution in [0.4, 0.5) is 0 Å². The highest BCUT2D eigenvalue weighted by molar-refractivity contribution is 6.53. The van der Waals surface area contributed by atoms with Crippen molar-refractivity contribution >= 4 is 46.5 Å². The average Bonchev–Trinajstić information content (AvgIpc) is 2.81. The average molecular weight is 332 g/mol. The van der Waals surface area contributed by atoms with Crippen LogP contribution in [0.25, 0.3) is 21.9 Å². The molecule has 1 N–H and O–H groups in total. The lowest BCUT2D eigenvalue weighted by atomic mass is 9.80. The van der Waals surface area contributed by atoms with Gasteiger partial charge in [-0.3, -0.25) is 4.98 Å². The van der Waals surface area contributed by atoms with Crippen molar-refractivity contribution in [2.45, 2.75) is 38.9 Å². The van der Waals surface area contributed by atoms with Crippen LogP contribution in [0.1, 0.15) is 27.7 Å². The van der Waals surface area contributed by atoms with Gasteiger partial charge in [0.05, 0.1) is 17.4 Å². The zero-order chi connectivity index (χ0) is 16.8. The van der Waals surface area contributed by atoms with Gasteiger partial charge in [-0.2, -0.15) is 0 Å². The van der Waals surface area contributed by atoms with Crippen LogP contribution in [-0.2, 0) is 4.65 Å². The number of nitrogens with zero attached hydrogens (tertiary/aromatic N) is 1. The van der Waals surface area contributed by atoms with Crippen molar-refractivity contribution < 1.29 is 14.2 Å². The number of aromatic nitrogens is 1. The first kappa shape index (κ1) is 16.3. The fraction of sp³-hybridized carbons (Fsp3) is 0.353. The van der Waals surface area contributed by atoms with Crippen molar-refractivity contribution in [1.29, 1.82) is 0 Å². The zero-order valence-corrected chi connectivity index (χ0v) is 14.4. The third-order valence-electron chi connectivity index (χ3n) is 4.48. The molecule has 0 saturated carbocycles. The minimum atomic E-state index is -0.965. The number of benzene rings is 1. The number of hydrogen-bond donors (Lipinski definition) is 1. The lowest BCUT2D eigenvalue weighted by Gasteiger charge is -2.37. The van der Waals surface area contributed by atoms with Crippen LogP contribution in [0.2, 0.25) is 5.02 Å². The molecule has 0 aliphatic carbocycles. The molecule has 0 spiro atoms. The van der Waals surface area contributed by atoms with Crippen molar-refractivity contribution in [3.63, 3.8) is 0 Å². The van der Waals surface area contributed by atoms with Crippen LogP contribution in [0.15, 0.2) is 35.0 Å². The predicted octanol–water partition coefficient (Wildman–Crippen LogP) is 3.18. The second-order valence-electron chi connectivity index (χ2n) is 6.77. The molecule has 3 rings (SSSR count). The third-order valence-corrected chi connectivity index (χ3v) is 4.70. The highest BCUT2D eigenvalue weighted by Gasteiger charge is 2.35. The molecule has 4 nitrogen and oxygen atoms in total. The highest BCUT2D eigenvalue weighted by Crippen LogP contribution is 2.29. The van der Waals surface area contributed by atoms with E-state index in [1.165, 1.54) is 0 Å². The summed E-state index contributed by atoms with van der Waals surface area (Å²) in [4.78, 5) is 4.09. The zero-order valence-electron chi connectivity index (χ0n) is 13.7. The normalized spacial score (nSPS) is 13.0. The number of furan rings is 1. The van der Waals surface area contributed by atoms with Gasteiger partial charge in [-0.25, -0.2) is 0 Å². The molecular weight excluding hydrogens is 312 g/mol. The van der Waals surface area contributed by atoms with Gasteiger partial charge in [-0.15, -0.1) is 0 Å². The summed E-state index contributed by atoms with van der Waals surface area (Å²) in [5.74, 6) is 0. The third kappa shape index (κ3) is 2.96. The van der Waals surface area contributed by atoms with Gasteiger partial charge >= 0.3 is 7.48 Å². The summed E-state index contributed by atoms with van der Waals surface area (Å²) in [6.45, 7) is 7.21. The molecule has 0 amide bonds. The first-order valence-corrected chi connectivity index (χ1v) is 7.88. The molecule has 2 heterocycles. The number of hydrogen-bond acceptors (Lipinski definition) is 4. The Bertz CT molecular complexity index is 867.